The van der Waals surface area contributed by atoms with Crippen molar-refractivity contribution >= 4 is 21.5 Å². The summed E-state index contributed by atoms with van der Waals surface area (Å²) < 4.78 is 0. The lowest BCUT2D eigenvalue weighted by molar-refractivity contribution is 0.660. The number of hydrogen-bond acceptors (Lipinski definition) is 3. The fraction of sp³-hybridized carbons (Fsp3) is 0.0600. The van der Waals surface area contributed by atoms with Gasteiger partial charge in [-0.2, -0.15) is 0 Å². The van der Waals surface area contributed by atoms with E-state index in [0.717, 1.165) is 33.2 Å². The van der Waals surface area contributed by atoms with Crippen LogP contribution in [0.5, 0.6) is 0 Å². The van der Waals surface area contributed by atoms with Gasteiger partial charge in [-0.1, -0.05) is 159 Å². The van der Waals surface area contributed by atoms with E-state index in [1.54, 1.807) is 0 Å². The summed E-state index contributed by atoms with van der Waals surface area (Å²) in [5.74, 6) is 1.93. The number of hydrogen-bond donors (Lipinski definition) is 0. The summed E-state index contributed by atoms with van der Waals surface area (Å²) in [7, 11) is 0. The molecule has 0 aliphatic heterocycles. The minimum atomic E-state index is -0.106. The minimum Gasteiger partial charge on any atom is -0.208 e. The second-order valence-corrected chi connectivity index (χ2v) is 14.5. The van der Waals surface area contributed by atoms with Gasteiger partial charge in [0.1, 0.15) is 0 Å². The van der Waals surface area contributed by atoms with Crippen LogP contribution in [0.1, 0.15) is 25.0 Å². The molecule has 0 radical (unpaired) electrons. The van der Waals surface area contributed by atoms with E-state index < -0.39 is 0 Å². The van der Waals surface area contributed by atoms with Crippen LogP contribution in [-0.4, -0.2) is 15.0 Å². The summed E-state index contributed by atoms with van der Waals surface area (Å²) in [4.78, 5) is 15.5. The predicted octanol–water partition coefficient (Wildman–Crippen LogP) is 12.8. The molecular formula is C50H35N3. The van der Waals surface area contributed by atoms with Crippen LogP contribution in [0.4, 0.5) is 0 Å². The van der Waals surface area contributed by atoms with E-state index in [-0.39, 0.29) is 5.41 Å². The monoisotopic (exact) mass is 677 g/mol. The van der Waals surface area contributed by atoms with E-state index in [0.29, 0.717) is 17.5 Å². The highest BCUT2D eigenvalue weighted by Gasteiger charge is 2.35. The van der Waals surface area contributed by atoms with Gasteiger partial charge >= 0.3 is 0 Å². The van der Waals surface area contributed by atoms with Crippen molar-refractivity contribution in [3.63, 3.8) is 0 Å². The summed E-state index contributed by atoms with van der Waals surface area (Å²) in [5, 5.41) is 4.75. The molecule has 1 aliphatic rings. The average molecular weight is 678 g/mol. The zero-order chi connectivity index (χ0) is 35.5. The molecule has 0 fully saturated rings. The maximum atomic E-state index is 5.22. The normalized spacial score (nSPS) is 12.9. The van der Waals surface area contributed by atoms with Gasteiger partial charge in [-0.25, -0.2) is 15.0 Å². The summed E-state index contributed by atoms with van der Waals surface area (Å²) in [6.07, 6.45) is 0. The van der Waals surface area contributed by atoms with Crippen LogP contribution in [0.3, 0.4) is 0 Å². The molecule has 0 spiro atoms. The van der Waals surface area contributed by atoms with Crippen molar-refractivity contribution in [3.05, 3.63) is 187 Å². The predicted molar refractivity (Wildman–Crippen MR) is 220 cm³/mol. The molecule has 10 rings (SSSR count). The van der Waals surface area contributed by atoms with Crippen LogP contribution >= 0.6 is 0 Å². The Morgan fingerprint density at radius 3 is 1.75 bits per heavy atom. The SMILES string of the molecule is CC1(C)c2ccccc2-c2ccc(-c3cc(-c4nc(-c5ccccc5)nc(-c5ccc6ccccc6c5)n4)cc(-c4cccc5ccccc45)c3)cc21. The van der Waals surface area contributed by atoms with Crippen molar-refractivity contribution in [2.75, 3.05) is 0 Å². The van der Waals surface area contributed by atoms with E-state index in [9.17, 15) is 0 Å². The molecule has 250 valence electrons. The fourth-order valence-corrected chi connectivity index (χ4v) is 8.12. The standard InChI is InChI=1S/C50H35N3/c1-50(2)45-22-11-10-20-43(45)44-26-25-36(31-46(44)50)38-28-39(42-21-12-18-33-14-8-9-19-41(33)42)30-40(29-38)49-52-47(34-15-4-3-5-16-34)51-48(53-49)37-24-23-32-13-6-7-17-35(32)27-37/h3-31H,1-2H3. The molecule has 1 aliphatic carbocycles. The van der Waals surface area contributed by atoms with Gasteiger partial charge in [0.25, 0.3) is 0 Å². The first-order valence-corrected chi connectivity index (χ1v) is 18.2. The van der Waals surface area contributed by atoms with Crippen LogP contribution in [0.25, 0.3) is 89.1 Å². The van der Waals surface area contributed by atoms with E-state index in [2.05, 4.69) is 172 Å². The molecule has 9 aromatic rings. The van der Waals surface area contributed by atoms with Crippen molar-refractivity contribution in [2.45, 2.75) is 19.3 Å². The zero-order valence-corrected chi connectivity index (χ0v) is 29.6. The molecule has 0 N–H and O–H groups in total. The Morgan fingerprint density at radius 1 is 0.321 bits per heavy atom. The first kappa shape index (κ1) is 31.1. The lowest BCUT2D eigenvalue weighted by Gasteiger charge is -2.22. The molecule has 1 aromatic heterocycles. The highest BCUT2D eigenvalue weighted by molar-refractivity contribution is 5.98. The average Bonchev–Trinajstić information content (AvgIpc) is 3.45. The number of benzene rings is 8. The van der Waals surface area contributed by atoms with Gasteiger partial charge in [-0.3, -0.25) is 0 Å². The number of rotatable bonds is 5. The van der Waals surface area contributed by atoms with Crippen LogP contribution in [0, 0.1) is 0 Å². The molecule has 1 heterocycles. The maximum Gasteiger partial charge on any atom is 0.164 e. The number of nitrogens with zero attached hydrogens (tertiary/aromatic N) is 3. The molecule has 3 nitrogen and oxygen atoms in total. The van der Waals surface area contributed by atoms with Gasteiger partial charge in [0.05, 0.1) is 0 Å². The Morgan fingerprint density at radius 2 is 0.906 bits per heavy atom. The molecule has 8 aromatic carbocycles. The first-order valence-electron chi connectivity index (χ1n) is 18.2. The highest BCUT2D eigenvalue weighted by Crippen LogP contribution is 2.50. The molecule has 53 heavy (non-hydrogen) atoms. The zero-order valence-electron chi connectivity index (χ0n) is 29.6. The van der Waals surface area contributed by atoms with Crippen LogP contribution in [-0.2, 0) is 5.41 Å². The van der Waals surface area contributed by atoms with Crippen molar-refractivity contribution in [1.29, 1.82) is 0 Å². The lowest BCUT2D eigenvalue weighted by atomic mass is 9.81. The van der Waals surface area contributed by atoms with Gasteiger partial charge in [0.2, 0.25) is 0 Å². The van der Waals surface area contributed by atoms with Gasteiger partial charge in [-0.15, -0.1) is 0 Å². The third-order valence-electron chi connectivity index (χ3n) is 10.9. The van der Waals surface area contributed by atoms with E-state index in [4.69, 9.17) is 15.0 Å². The summed E-state index contributed by atoms with van der Waals surface area (Å²) >= 11 is 0. The molecule has 3 heteroatoms. The third-order valence-corrected chi connectivity index (χ3v) is 10.9. The third kappa shape index (κ3) is 5.32. The molecular weight excluding hydrogens is 643 g/mol. The topological polar surface area (TPSA) is 38.7 Å². The lowest BCUT2D eigenvalue weighted by Crippen LogP contribution is -2.14. The molecule has 0 saturated carbocycles. The maximum absolute atomic E-state index is 5.22. The number of aromatic nitrogens is 3. The van der Waals surface area contributed by atoms with E-state index in [1.807, 2.05) is 18.2 Å². The van der Waals surface area contributed by atoms with Crippen molar-refractivity contribution in [1.82, 2.24) is 15.0 Å². The Labute approximate surface area is 309 Å². The van der Waals surface area contributed by atoms with E-state index in [1.165, 1.54) is 49.5 Å². The Balaban J connectivity index is 1.21. The smallest absolute Gasteiger partial charge is 0.164 e. The van der Waals surface area contributed by atoms with Gasteiger partial charge in [0, 0.05) is 22.1 Å². The first-order chi connectivity index (χ1) is 26.0. The van der Waals surface area contributed by atoms with Crippen molar-refractivity contribution < 1.29 is 0 Å². The molecule has 0 bridgehead atoms. The summed E-state index contributed by atoms with van der Waals surface area (Å²) in [5.41, 5.74) is 12.7. The highest BCUT2D eigenvalue weighted by atomic mass is 15.0. The van der Waals surface area contributed by atoms with E-state index >= 15 is 0 Å². The second-order valence-electron chi connectivity index (χ2n) is 14.5. The van der Waals surface area contributed by atoms with Gasteiger partial charge in [0.15, 0.2) is 17.5 Å². The van der Waals surface area contributed by atoms with Gasteiger partial charge < -0.3 is 0 Å². The second kappa shape index (κ2) is 12.2. The van der Waals surface area contributed by atoms with Gasteiger partial charge in [-0.05, 0) is 96.4 Å². The molecule has 0 unspecified atom stereocenters. The number of fused-ring (bicyclic) bond motifs is 5. The quantitative estimate of drug-likeness (QED) is 0.182. The van der Waals surface area contributed by atoms with Crippen LogP contribution in [0.2, 0.25) is 0 Å². The molecule has 0 amide bonds. The molecule has 0 saturated heterocycles. The fourth-order valence-electron chi connectivity index (χ4n) is 8.12. The minimum absolute atomic E-state index is 0.106. The summed E-state index contributed by atoms with van der Waals surface area (Å²) in [6, 6.07) is 62.8. The largest absolute Gasteiger partial charge is 0.208 e. The Kier molecular flexibility index (Phi) is 7.16. The Hall–Kier alpha value is -6.71. The van der Waals surface area contributed by atoms with Crippen molar-refractivity contribution in [3.8, 4) is 67.5 Å². The van der Waals surface area contributed by atoms with Crippen molar-refractivity contribution in [2.24, 2.45) is 0 Å². The summed E-state index contributed by atoms with van der Waals surface area (Å²) in [6.45, 7) is 4.67. The molecule has 0 atom stereocenters. The Bertz CT molecular complexity index is 2860. The van der Waals surface area contributed by atoms with Crippen LogP contribution in [0.15, 0.2) is 176 Å². The van der Waals surface area contributed by atoms with Crippen LogP contribution < -0.4 is 0 Å².